The van der Waals surface area contributed by atoms with Crippen LogP contribution in [-0.2, 0) is 14.3 Å². The van der Waals surface area contributed by atoms with E-state index in [9.17, 15) is 30.3 Å². The van der Waals surface area contributed by atoms with Crippen LogP contribution in [0.4, 0.5) is 0 Å². The number of hydrogen-bond donors (Lipinski definition) is 6. The van der Waals surface area contributed by atoms with Crippen molar-refractivity contribution in [2.75, 3.05) is 13.2 Å². The molecule has 7 unspecified atom stereocenters. The van der Waals surface area contributed by atoms with Gasteiger partial charge in [0.25, 0.3) is 0 Å². The van der Waals surface area contributed by atoms with E-state index < -0.39 is 49.5 Å². The number of amides is 1. The van der Waals surface area contributed by atoms with Crippen LogP contribution in [0.3, 0.4) is 0 Å². The van der Waals surface area contributed by atoms with Crippen LogP contribution >= 0.6 is 0 Å². The molecule has 0 spiro atoms. The maximum atomic E-state index is 13.1. The van der Waals surface area contributed by atoms with Gasteiger partial charge in [-0.25, -0.2) is 0 Å². The van der Waals surface area contributed by atoms with Crippen LogP contribution in [0, 0.1) is 0 Å². The highest BCUT2D eigenvalue weighted by atomic mass is 16.7. The minimum atomic E-state index is -1.57. The fraction of sp³-hybridized carbons (Fsp3) is 0.770. The van der Waals surface area contributed by atoms with E-state index in [-0.39, 0.29) is 12.5 Å². The monoisotopic (exact) mass is 1160 g/mol. The van der Waals surface area contributed by atoms with Gasteiger partial charge in [0.15, 0.2) is 6.29 Å². The van der Waals surface area contributed by atoms with Gasteiger partial charge in [-0.2, -0.15) is 0 Å². The van der Waals surface area contributed by atoms with Gasteiger partial charge in [0.2, 0.25) is 5.91 Å². The lowest BCUT2D eigenvalue weighted by Crippen LogP contribution is -2.60. The summed E-state index contributed by atoms with van der Waals surface area (Å²) >= 11 is 0. The maximum Gasteiger partial charge on any atom is 0.220 e. The molecule has 1 saturated heterocycles. The lowest BCUT2D eigenvalue weighted by Gasteiger charge is -2.40. The molecule has 0 aliphatic carbocycles. The largest absolute Gasteiger partial charge is 0.394 e. The smallest absolute Gasteiger partial charge is 0.220 e. The first kappa shape index (κ1) is 78.1. The molecule has 0 radical (unpaired) electrons. The SMILES string of the molecule is CC/C=C\C/C=C\C/C=C\C/C=C\C/C=C\C/C=C\C/C=C\CCCCCCCCCCCCCCCCCC(=O)NC(COC1OC(CO)C(O)C(O)C1O)C(O)/C=C/CCCCCCCCCCCCCCCCCCCCCCC. The van der Waals surface area contributed by atoms with E-state index in [0.29, 0.717) is 6.42 Å². The number of carbonyl (C=O) groups is 1. The predicted molar refractivity (Wildman–Crippen MR) is 355 cm³/mol. The number of aliphatic hydroxyl groups is 5. The molecule has 1 aliphatic rings. The van der Waals surface area contributed by atoms with Crippen LogP contribution in [0.1, 0.15) is 309 Å². The molecule has 1 amide bonds. The first-order valence-corrected chi connectivity index (χ1v) is 35.0. The van der Waals surface area contributed by atoms with E-state index in [1.807, 2.05) is 6.08 Å². The summed E-state index contributed by atoms with van der Waals surface area (Å²) in [4.78, 5) is 13.1. The summed E-state index contributed by atoms with van der Waals surface area (Å²) in [5, 5.41) is 54.8. The van der Waals surface area contributed by atoms with Crippen LogP contribution in [-0.4, -0.2) is 87.5 Å². The van der Waals surface area contributed by atoms with E-state index in [1.54, 1.807) is 6.08 Å². The van der Waals surface area contributed by atoms with Gasteiger partial charge in [-0.1, -0.05) is 323 Å². The van der Waals surface area contributed by atoms with Crippen molar-refractivity contribution in [2.24, 2.45) is 0 Å². The van der Waals surface area contributed by atoms with Gasteiger partial charge in [0.1, 0.15) is 24.4 Å². The molecule has 0 aromatic rings. The van der Waals surface area contributed by atoms with E-state index in [2.05, 4.69) is 104 Å². The molecule has 1 aliphatic heterocycles. The van der Waals surface area contributed by atoms with Gasteiger partial charge >= 0.3 is 0 Å². The minimum Gasteiger partial charge on any atom is -0.394 e. The average molecular weight is 1160 g/mol. The second-order valence-electron chi connectivity index (χ2n) is 23.9. The Kier molecular flexibility index (Phi) is 58.5. The quantitative estimate of drug-likeness (QED) is 0.0261. The summed E-state index contributed by atoms with van der Waals surface area (Å²) in [5.41, 5.74) is 0. The summed E-state index contributed by atoms with van der Waals surface area (Å²) in [5.74, 6) is -0.176. The molecule has 480 valence electrons. The molecule has 7 atom stereocenters. The highest BCUT2D eigenvalue weighted by molar-refractivity contribution is 5.76. The van der Waals surface area contributed by atoms with E-state index in [1.165, 1.54) is 205 Å². The third kappa shape index (κ3) is 50.9. The molecule has 0 aromatic heterocycles. The van der Waals surface area contributed by atoms with Crippen LogP contribution in [0.2, 0.25) is 0 Å². The van der Waals surface area contributed by atoms with Crippen molar-refractivity contribution in [1.29, 1.82) is 0 Å². The Bertz CT molecular complexity index is 1630. The van der Waals surface area contributed by atoms with Crippen LogP contribution in [0.25, 0.3) is 0 Å². The van der Waals surface area contributed by atoms with Crippen LogP contribution in [0.5, 0.6) is 0 Å². The Hall–Kier alpha value is -2.89. The van der Waals surface area contributed by atoms with Gasteiger partial charge in [-0.05, 0) is 77.0 Å². The molecule has 1 heterocycles. The molecule has 6 N–H and O–H groups in total. The van der Waals surface area contributed by atoms with E-state index >= 15 is 0 Å². The molecular weight excluding hydrogens is 1030 g/mol. The average Bonchev–Trinajstić information content (AvgIpc) is 3.60. The second-order valence-corrected chi connectivity index (χ2v) is 23.9. The standard InChI is InChI=1S/C74H131NO8/c1-3-5-7-9-11-13-15-17-19-21-23-25-27-28-29-30-31-32-33-34-35-36-37-38-39-40-42-44-46-48-50-52-54-56-58-60-62-64-70(78)75-67(66-82-74-73(81)72(80)71(79)69(65-76)83-74)68(77)63-61-59-57-55-53-51-49-47-45-43-41-26-24-22-20-18-16-14-12-10-8-6-4-2/h5,7,11,13,17,19,23,25,28-29,31-32,34-35,61,63,67-69,71-74,76-77,79-81H,3-4,6,8-10,12,14-16,18,20-22,24,26-27,30,33,36-60,62,64-66H2,1-2H3,(H,75,78)/b7-5-,13-11-,19-17-,25-23-,29-28-,32-31-,35-34-,63-61+. The maximum absolute atomic E-state index is 13.1. The first-order chi connectivity index (χ1) is 40.8. The summed E-state index contributed by atoms with van der Waals surface area (Å²) in [6, 6.07) is -0.811. The van der Waals surface area contributed by atoms with Crippen LogP contribution < -0.4 is 5.32 Å². The zero-order valence-electron chi connectivity index (χ0n) is 53.7. The Balaban J connectivity index is 2.13. The second kappa shape index (κ2) is 62.2. The third-order valence-corrected chi connectivity index (χ3v) is 16.2. The van der Waals surface area contributed by atoms with Crippen molar-refractivity contribution >= 4 is 5.91 Å². The summed E-state index contributed by atoms with van der Waals surface area (Å²) in [7, 11) is 0. The molecule has 9 nitrogen and oxygen atoms in total. The number of hydrogen-bond acceptors (Lipinski definition) is 8. The van der Waals surface area contributed by atoms with Crippen molar-refractivity contribution in [3.05, 3.63) is 97.2 Å². The number of nitrogens with one attached hydrogen (secondary N) is 1. The molecular formula is C74H131NO8. The minimum absolute atomic E-state index is 0.176. The molecule has 1 fully saturated rings. The Labute approximate surface area is 511 Å². The van der Waals surface area contributed by atoms with E-state index in [4.69, 9.17) is 9.47 Å². The zero-order valence-corrected chi connectivity index (χ0v) is 53.7. The Morgan fingerprint density at radius 1 is 0.422 bits per heavy atom. The van der Waals surface area contributed by atoms with Gasteiger partial charge in [0, 0.05) is 6.42 Å². The Morgan fingerprint density at radius 2 is 0.747 bits per heavy atom. The predicted octanol–water partition coefficient (Wildman–Crippen LogP) is 19.1. The van der Waals surface area contributed by atoms with Crippen molar-refractivity contribution in [2.45, 2.75) is 352 Å². The summed E-state index contributed by atoms with van der Waals surface area (Å²) in [6.45, 7) is 3.70. The third-order valence-electron chi connectivity index (χ3n) is 16.2. The molecule has 9 heteroatoms. The van der Waals surface area contributed by atoms with E-state index in [0.717, 1.165) is 83.5 Å². The lowest BCUT2D eigenvalue weighted by atomic mass is 9.99. The fourth-order valence-electron chi connectivity index (χ4n) is 10.7. The normalized spacial score (nSPS) is 18.9. The molecule has 0 aromatic carbocycles. The van der Waals surface area contributed by atoms with Gasteiger partial charge < -0.3 is 40.3 Å². The van der Waals surface area contributed by atoms with Crippen molar-refractivity contribution in [3.8, 4) is 0 Å². The zero-order chi connectivity index (χ0) is 60.0. The number of ether oxygens (including phenoxy) is 2. The number of carbonyl (C=O) groups excluding carboxylic acids is 1. The topological polar surface area (TPSA) is 149 Å². The molecule has 83 heavy (non-hydrogen) atoms. The summed E-state index contributed by atoms with van der Waals surface area (Å²) < 4.78 is 11.3. The molecule has 1 rings (SSSR count). The van der Waals surface area contributed by atoms with Crippen molar-refractivity contribution < 1.29 is 39.8 Å². The van der Waals surface area contributed by atoms with Gasteiger partial charge in [0.05, 0.1) is 25.4 Å². The number of rotatable bonds is 60. The molecule has 0 bridgehead atoms. The number of allylic oxidation sites excluding steroid dienone is 15. The lowest BCUT2D eigenvalue weighted by molar-refractivity contribution is -0.302. The number of aliphatic hydroxyl groups excluding tert-OH is 5. The first-order valence-electron chi connectivity index (χ1n) is 35.0. The van der Waals surface area contributed by atoms with Crippen LogP contribution in [0.15, 0.2) is 97.2 Å². The highest BCUT2D eigenvalue weighted by Gasteiger charge is 2.44. The highest BCUT2D eigenvalue weighted by Crippen LogP contribution is 2.23. The summed E-state index contributed by atoms with van der Waals surface area (Å²) in [6.07, 6.45) is 83.6. The fourth-order valence-corrected chi connectivity index (χ4v) is 10.7. The number of unbranched alkanes of at least 4 members (excludes halogenated alkanes) is 36. The van der Waals surface area contributed by atoms with Gasteiger partial charge in [-0.3, -0.25) is 4.79 Å². The van der Waals surface area contributed by atoms with Gasteiger partial charge in [-0.15, -0.1) is 0 Å². The molecule has 0 saturated carbocycles. The Morgan fingerprint density at radius 3 is 1.11 bits per heavy atom. The van der Waals surface area contributed by atoms with Crippen molar-refractivity contribution in [3.63, 3.8) is 0 Å². The van der Waals surface area contributed by atoms with Crippen molar-refractivity contribution in [1.82, 2.24) is 5.32 Å².